The highest BCUT2D eigenvalue weighted by atomic mass is 35.5. The first-order valence-corrected chi connectivity index (χ1v) is 6.76. The van der Waals surface area contributed by atoms with Crippen molar-refractivity contribution in [1.29, 1.82) is 0 Å². The predicted octanol–water partition coefficient (Wildman–Crippen LogP) is 3.10. The Bertz CT molecular complexity index is 447. The molecule has 0 heterocycles. The summed E-state index contributed by atoms with van der Waals surface area (Å²) in [6.45, 7) is 1.94. The molecule has 0 aromatic heterocycles. The number of anilines is 1. The minimum absolute atomic E-state index is 0.0360. The number of hydrogen-bond donors (Lipinski definition) is 2. The molecule has 0 bridgehead atoms. The van der Waals surface area contributed by atoms with Crippen molar-refractivity contribution in [3.8, 4) is 0 Å². The van der Waals surface area contributed by atoms with E-state index in [1.165, 1.54) is 0 Å². The van der Waals surface area contributed by atoms with Crippen LogP contribution >= 0.6 is 11.6 Å². The summed E-state index contributed by atoms with van der Waals surface area (Å²) in [4.78, 5) is 12.1. The standard InChI is InChI=1S/C14H19ClN2O/c1-9-5-6-12(8-13(9)15)17-14(18)10-3-2-4-11(16)7-10/h5-6,8,10-11H,2-4,7,16H2,1H3,(H,17,18). The summed E-state index contributed by atoms with van der Waals surface area (Å²) >= 11 is 6.03. The summed E-state index contributed by atoms with van der Waals surface area (Å²) in [7, 11) is 0. The number of halogens is 1. The third-order valence-electron chi connectivity index (χ3n) is 3.52. The number of amides is 1. The third-order valence-corrected chi connectivity index (χ3v) is 3.93. The molecule has 0 aliphatic heterocycles. The fourth-order valence-electron chi connectivity index (χ4n) is 2.38. The van der Waals surface area contributed by atoms with Gasteiger partial charge < -0.3 is 11.1 Å². The molecule has 1 aliphatic carbocycles. The normalized spacial score (nSPS) is 23.7. The summed E-state index contributed by atoms with van der Waals surface area (Å²) in [5.74, 6) is 0.0962. The van der Waals surface area contributed by atoms with Gasteiger partial charge in [0.15, 0.2) is 0 Å². The van der Waals surface area contributed by atoms with Gasteiger partial charge >= 0.3 is 0 Å². The first-order chi connectivity index (χ1) is 8.56. The molecule has 3 N–H and O–H groups in total. The van der Waals surface area contributed by atoms with E-state index in [0.717, 1.165) is 36.9 Å². The lowest BCUT2D eigenvalue weighted by Crippen LogP contribution is -2.34. The van der Waals surface area contributed by atoms with Crippen molar-refractivity contribution in [1.82, 2.24) is 0 Å². The van der Waals surface area contributed by atoms with Crippen LogP contribution in [0.25, 0.3) is 0 Å². The molecule has 4 heteroatoms. The Hall–Kier alpha value is -1.06. The van der Waals surface area contributed by atoms with E-state index in [1.54, 1.807) is 6.07 Å². The molecule has 1 aromatic carbocycles. The van der Waals surface area contributed by atoms with Crippen LogP contribution in [0.1, 0.15) is 31.2 Å². The largest absolute Gasteiger partial charge is 0.328 e. The quantitative estimate of drug-likeness (QED) is 0.864. The second-order valence-electron chi connectivity index (χ2n) is 5.08. The molecule has 1 aliphatic rings. The first-order valence-electron chi connectivity index (χ1n) is 6.39. The molecular formula is C14H19ClN2O. The molecule has 18 heavy (non-hydrogen) atoms. The molecule has 2 rings (SSSR count). The Kier molecular flexibility index (Phi) is 4.25. The molecule has 0 spiro atoms. The lowest BCUT2D eigenvalue weighted by atomic mass is 9.85. The number of carbonyl (C=O) groups excluding carboxylic acids is 1. The lowest BCUT2D eigenvalue weighted by molar-refractivity contribution is -0.120. The van der Waals surface area contributed by atoms with E-state index in [2.05, 4.69) is 5.32 Å². The highest BCUT2D eigenvalue weighted by molar-refractivity contribution is 6.31. The number of benzene rings is 1. The van der Waals surface area contributed by atoms with Crippen molar-refractivity contribution in [2.45, 2.75) is 38.6 Å². The fraction of sp³-hybridized carbons (Fsp3) is 0.500. The average molecular weight is 267 g/mol. The van der Waals surface area contributed by atoms with Crippen LogP contribution in [0.5, 0.6) is 0 Å². The van der Waals surface area contributed by atoms with E-state index < -0.39 is 0 Å². The van der Waals surface area contributed by atoms with Crippen molar-refractivity contribution in [2.75, 3.05) is 5.32 Å². The molecule has 98 valence electrons. The van der Waals surface area contributed by atoms with Gasteiger partial charge in [-0.3, -0.25) is 4.79 Å². The topological polar surface area (TPSA) is 55.1 Å². The summed E-state index contributed by atoms with van der Waals surface area (Å²) in [6, 6.07) is 5.74. The van der Waals surface area contributed by atoms with Gasteiger partial charge in [0.1, 0.15) is 0 Å². The molecule has 1 amide bonds. The minimum Gasteiger partial charge on any atom is -0.328 e. The second kappa shape index (κ2) is 5.72. The maximum atomic E-state index is 12.1. The van der Waals surface area contributed by atoms with E-state index in [0.29, 0.717) is 5.02 Å². The number of hydrogen-bond acceptors (Lipinski definition) is 2. The van der Waals surface area contributed by atoms with Crippen molar-refractivity contribution in [3.63, 3.8) is 0 Å². The highest BCUT2D eigenvalue weighted by Gasteiger charge is 2.25. The van der Waals surface area contributed by atoms with Gasteiger partial charge in [0.25, 0.3) is 0 Å². The molecule has 3 nitrogen and oxygen atoms in total. The zero-order valence-corrected chi connectivity index (χ0v) is 11.3. The van der Waals surface area contributed by atoms with Crippen molar-refractivity contribution in [3.05, 3.63) is 28.8 Å². The molecular weight excluding hydrogens is 248 g/mol. The third kappa shape index (κ3) is 3.24. The van der Waals surface area contributed by atoms with Gasteiger partial charge in [-0.1, -0.05) is 24.1 Å². The van der Waals surface area contributed by atoms with Crippen molar-refractivity contribution in [2.24, 2.45) is 11.7 Å². The van der Waals surface area contributed by atoms with Crippen molar-refractivity contribution >= 4 is 23.2 Å². The molecule has 2 unspecified atom stereocenters. The van der Waals surface area contributed by atoms with Crippen LogP contribution in [0.4, 0.5) is 5.69 Å². The van der Waals surface area contributed by atoms with Crippen LogP contribution in [0.2, 0.25) is 5.02 Å². The van der Waals surface area contributed by atoms with Crippen LogP contribution < -0.4 is 11.1 Å². The minimum atomic E-state index is 0.0360. The second-order valence-corrected chi connectivity index (χ2v) is 5.48. The Morgan fingerprint density at radius 3 is 2.89 bits per heavy atom. The number of aryl methyl sites for hydroxylation is 1. The summed E-state index contributed by atoms with van der Waals surface area (Å²) in [5.41, 5.74) is 7.67. The van der Waals surface area contributed by atoms with E-state index in [9.17, 15) is 4.79 Å². The molecule has 0 saturated heterocycles. The molecule has 1 saturated carbocycles. The van der Waals surface area contributed by atoms with E-state index in [4.69, 9.17) is 17.3 Å². The lowest BCUT2D eigenvalue weighted by Gasteiger charge is -2.25. The predicted molar refractivity (Wildman–Crippen MR) is 74.8 cm³/mol. The number of nitrogens with two attached hydrogens (primary N) is 1. The zero-order chi connectivity index (χ0) is 13.1. The van der Waals surface area contributed by atoms with E-state index >= 15 is 0 Å². The summed E-state index contributed by atoms with van der Waals surface area (Å²) in [5, 5.41) is 3.60. The van der Waals surface area contributed by atoms with E-state index in [-0.39, 0.29) is 17.9 Å². The van der Waals surface area contributed by atoms with Gasteiger partial charge in [0.2, 0.25) is 5.91 Å². The van der Waals surface area contributed by atoms with Gasteiger partial charge in [-0.2, -0.15) is 0 Å². The molecule has 2 atom stereocenters. The number of carbonyl (C=O) groups is 1. The van der Waals surface area contributed by atoms with Crippen molar-refractivity contribution < 1.29 is 4.79 Å². The first kappa shape index (κ1) is 13.4. The van der Waals surface area contributed by atoms with Gasteiger partial charge in [-0.15, -0.1) is 0 Å². The maximum absolute atomic E-state index is 12.1. The van der Waals surface area contributed by atoms with Crippen LogP contribution in [-0.2, 0) is 4.79 Å². The van der Waals surface area contributed by atoms with E-state index in [1.807, 2.05) is 19.1 Å². The Morgan fingerprint density at radius 1 is 1.44 bits per heavy atom. The van der Waals surface area contributed by atoms with Crippen LogP contribution in [-0.4, -0.2) is 11.9 Å². The molecule has 1 aromatic rings. The summed E-state index contributed by atoms with van der Waals surface area (Å²) in [6.07, 6.45) is 3.78. The fourth-order valence-corrected chi connectivity index (χ4v) is 2.56. The highest BCUT2D eigenvalue weighted by Crippen LogP contribution is 2.25. The SMILES string of the molecule is Cc1ccc(NC(=O)C2CCCC(N)C2)cc1Cl. The van der Waals surface area contributed by atoms with Crippen LogP contribution in [0.3, 0.4) is 0 Å². The molecule has 1 fully saturated rings. The maximum Gasteiger partial charge on any atom is 0.227 e. The van der Waals surface area contributed by atoms with Crippen LogP contribution in [0.15, 0.2) is 18.2 Å². The monoisotopic (exact) mass is 266 g/mol. The smallest absolute Gasteiger partial charge is 0.227 e. The average Bonchev–Trinajstić information content (AvgIpc) is 2.34. The number of rotatable bonds is 2. The Morgan fingerprint density at radius 2 is 2.22 bits per heavy atom. The van der Waals surface area contributed by atoms with Gasteiger partial charge in [-0.25, -0.2) is 0 Å². The Balaban J connectivity index is 2.00. The summed E-state index contributed by atoms with van der Waals surface area (Å²) < 4.78 is 0. The van der Waals surface area contributed by atoms with Gasteiger partial charge in [0, 0.05) is 22.7 Å². The zero-order valence-electron chi connectivity index (χ0n) is 10.6. The number of nitrogens with one attached hydrogen (secondary N) is 1. The van der Waals surface area contributed by atoms with Crippen LogP contribution in [0, 0.1) is 12.8 Å². The van der Waals surface area contributed by atoms with Gasteiger partial charge in [0.05, 0.1) is 0 Å². The van der Waals surface area contributed by atoms with Gasteiger partial charge in [-0.05, 0) is 43.9 Å². The molecule has 0 radical (unpaired) electrons. The Labute approximate surface area is 113 Å².